The van der Waals surface area contributed by atoms with Crippen molar-refractivity contribution in [2.45, 2.75) is 6.92 Å². The van der Waals surface area contributed by atoms with E-state index in [1.54, 1.807) is 17.9 Å². The molecule has 3 rings (SSSR count). The molecule has 0 fully saturated rings. The van der Waals surface area contributed by atoms with Crippen molar-refractivity contribution in [3.8, 4) is 0 Å². The van der Waals surface area contributed by atoms with Gasteiger partial charge in [-0.3, -0.25) is 4.68 Å². The first-order valence-electron chi connectivity index (χ1n) is 5.93. The zero-order chi connectivity index (χ0) is 14.3. The Labute approximate surface area is 125 Å². The number of rotatable bonds is 2. The zero-order valence-electron chi connectivity index (χ0n) is 10.9. The summed E-state index contributed by atoms with van der Waals surface area (Å²) in [5, 5.41) is 9.02. The van der Waals surface area contributed by atoms with Crippen LogP contribution in [0, 0.1) is 6.92 Å². The predicted octanol–water partition coefficient (Wildman–Crippen LogP) is 3.72. The average molecular weight is 308 g/mol. The van der Waals surface area contributed by atoms with Gasteiger partial charge in [-0.15, -0.1) is 0 Å². The average Bonchev–Trinajstić information content (AvgIpc) is 2.76. The molecule has 0 atom stereocenters. The summed E-state index contributed by atoms with van der Waals surface area (Å²) in [7, 11) is 1.80. The van der Waals surface area contributed by atoms with Crippen LogP contribution in [0.15, 0.2) is 24.4 Å². The molecule has 3 aromatic rings. The molecule has 0 aliphatic heterocycles. The first kappa shape index (κ1) is 13.1. The lowest BCUT2D eigenvalue weighted by atomic mass is 10.2. The molecule has 102 valence electrons. The first-order valence-corrected chi connectivity index (χ1v) is 6.68. The van der Waals surface area contributed by atoms with E-state index >= 15 is 0 Å². The second kappa shape index (κ2) is 4.92. The number of fused-ring (bicyclic) bond motifs is 1. The molecular weight excluding hydrogens is 297 g/mol. The van der Waals surface area contributed by atoms with Crippen molar-refractivity contribution >= 4 is 45.7 Å². The van der Waals surface area contributed by atoms with Crippen LogP contribution < -0.4 is 5.32 Å². The van der Waals surface area contributed by atoms with Gasteiger partial charge >= 0.3 is 0 Å². The van der Waals surface area contributed by atoms with Gasteiger partial charge in [0.2, 0.25) is 5.28 Å². The molecule has 0 bridgehead atoms. The fraction of sp³-hybridized carbons (Fsp3) is 0.154. The van der Waals surface area contributed by atoms with Crippen LogP contribution in [0.3, 0.4) is 0 Å². The second-order valence-electron chi connectivity index (χ2n) is 4.44. The lowest BCUT2D eigenvalue weighted by Crippen LogP contribution is -1.98. The van der Waals surface area contributed by atoms with Gasteiger partial charge in [-0.1, -0.05) is 17.7 Å². The molecule has 0 unspecified atom stereocenters. The summed E-state index contributed by atoms with van der Waals surface area (Å²) in [5.74, 6) is 0.605. The van der Waals surface area contributed by atoms with Crippen molar-refractivity contribution in [2.75, 3.05) is 5.32 Å². The van der Waals surface area contributed by atoms with E-state index in [1.807, 2.05) is 25.1 Å². The molecule has 0 saturated carbocycles. The smallest absolute Gasteiger partial charge is 0.226 e. The molecule has 0 aliphatic carbocycles. The second-order valence-corrected chi connectivity index (χ2v) is 5.18. The van der Waals surface area contributed by atoms with Crippen LogP contribution in [0.1, 0.15) is 5.56 Å². The van der Waals surface area contributed by atoms with Crippen molar-refractivity contribution < 1.29 is 0 Å². The number of aryl methyl sites for hydroxylation is 2. The number of aromatic nitrogens is 4. The SMILES string of the molecule is Cc1ccc(Nc2nc(Cl)nc3c2cnn3C)cc1Cl. The summed E-state index contributed by atoms with van der Waals surface area (Å²) < 4.78 is 1.65. The van der Waals surface area contributed by atoms with Crippen molar-refractivity contribution in [1.29, 1.82) is 0 Å². The Balaban J connectivity index is 2.08. The summed E-state index contributed by atoms with van der Waals surface area (Å²) in [6.07, 6.45) is 1.70. The van der Waals surface area contributed by atoms with E-state index in [9.17, 15) is 0 Å². The Morgan fingerprint density at radius 2 is 2.00 bits per heavy atom. The maximum Gasteiger partial charge on any atom is 0.226 e. The summed E-state index contributed by atoms with van der Waals surface area (Å²) in [6, 6.07) is 5.71. The Bertz CT molecular complexity index is 797. The minimum absolute atomic E-state index is 0.168. The van der Waals surface area contributed by atoms with Gasteiger partial charge in [0.25, 0.3) is 0 Å². The van der Waals surface area contributed by atoms with Crippen LogP contribution >= 0.6 is 23.2 Å². The Morgan fingerprint density at radius 3 is 2.75 bits per heavy atom. The number of nitrogens with one attached hydrogen (secondary N) is 1. The molecule has 5 nitrogen and oxygen atoms in total. The Hall–Kier alpha value is -1.85. The van der Waals surface area contributed by atoms with E-state index in [0.717, 1.165) is 16.6 Å². The number of nitrogens with zero attached hydrogens (tertiary/aromatic N) is 4. The number of halogens is 2. The molecule has 0 radical (unpaired) electrons. The molecule has 20 heavy (non-hydrogen) atoms. The molecule has 0 amide bonds. The minimum atomic E-state index is 0.168. The number of benzene rings is 1. The summed E-state index contributed by atoms with van der Waals surface area (Å²) in [5.41, 5.74) is 2.52. The number of hydrogen-bond donors (Lipinski definition) is 1. The molecule has 1 aromatic carbocycles. The van der Waals surface area contributed by atoms with E-state index in [1.165, 1.54) is 0 Å². The zero-order valence-corrected chi connectivity index (χ0v) is 12.4. The van der Waals surface area contributed by atoms with Gasteiger partial charge in [-0.25, -0.2) is 0 Å². The standard InChI is InChI=1S/C13H11Cl2N5/c1-7-3-4-8(5-10(7)14)17-11-9-6-16-20(2)12(9)19-13(15)18-11/h3-6H,1-2H3,(H,17,18,19). The third-order valence-corrected chi connectivity index (χ3v) is 3.58. The van der Waals surface area contributed by atoms with Crippen molar-refractivity contribution in [2.24, 2.45) is 7.05 Å². The van der Waals surface area contributed by atoms with Crippen molar-refractivity contribution in [1.82, 2.24) is 19.7 Å². The van der Waals surface area contributed by atoms with Crippen LogP contribution in [-0.2, 0) is 7.05 Å². The van der Waals surface area contributed by atoms with E-state index in [2.05, 4.69) is 20.4 Å². The van der Waals surface area contributed by atoms with Gasteiger partial charge < -0.3 is 5.32 Å². The summed E-state index contributed by atoms with van der Waals surface area (Å²) >= 11 is 12.1. The van der Waals surface area contributed by atoms with Crippen LogP contribution in [-0.4, -0.2) is 19.7 Å². The predicted molar refractivity (Wildman–Crippen MR) is 80.8 cm³/mol. The largest absolute Gasteiger partial charge is 0.339 e. The lowest BCUT2D eigenvalue weighted by molar-refractivity contribution is 0.785. The summed E-state index contributed by atoms with van der Waals surface area (Å²) in [4.78, 5) is 8.37. The highest BCUT2D eigenvalue weighted by Gasteiger charge is 2.11. The third-order valence-electron chi connectivity index (χ3n) is 3.00. The van der Waals surface area contributed by atoms with Crippen LogP contribution in [0.4, 0.5) is 11.5 Å². The number of anilines is 2. The third kappa shape index (κ3) is 2.30. The Morgan fingerprint density at radius 1 is 1.20 bits per heavy atom. The quantitative estimate of drug-likeness (QED) is 0.733. The minimum Gasteiger partial charge on any atom is -0.339 e. The van der Waals surface area contributed by atoms with E-state index < -0.39 is 0 Å². The Kier molecular flexibility index (Phi) is 3.23. The van der Waals surface area contributed by atoms with Crippen molar-refractivity contribution in [3.63, 3.8) is 0 Å². The normalized spacial score (nSPS) is 11.0. The van der Waals surface area contributed by atoms with Crippen LogP contribution in [0.25, 0.3) is 11.0 Å². The molecule has 2 aromatic heterocycles. The highest BCUT2D eigenvalue weighted by atomic mass is 35.5. The summed E-state index contributed by atoms with van der Waals surface area (Å²) in [6.45, 7) is 1.95. The maximum atomic E-state index is 6.12. The molecule has 0 aliphatic rings. The highest BCUT2D eigenvalue weighted by molar-refractivity contribution is 6.31. The van der Waals surface area contributed by atoms with Crippen LogP contribution in [0.2, 0.25) is 10.3 Å². The molecule has 2 heterocycles. The van der Waals surface area contributed by atoms with Gasteiger partial charge in [-0.2, -0.15) is 15.1 Å². The topological polar surface area (TPSA) is 55.6 Å². The van der Waals surface area contributed by atoms with Crippen molar-refractivity contribution in [3.05, 3.63) is 40.3 Å². The monoisotopic (exact) mass is 307 g/mol. The van der Waals surface area contributed by atoms with Gasteiger partial charge in [0.15, 0.2) is 5.65 Å². The lowest BCUT2D eigenvalue weighted by Gasteiger charge is -2.08. The van der Waals surface area contributed by atoms with Gasteiger partial charge in [0, 0.05) is 17.8 Å². The molecule has 7 heteroatoms. The van der Waals surface area contributed by atoms with E-state index in [0.29, 0.717) is 16.5 Å². The molecular formula is C13H11Cl2N5. The van der Waals surface area contributed by atoms with Gasteiger partial charge in [0.05, 0.1) is 11.6 Å². The first-order chi connectivity index (χ1) is 9.54. The van der Waals surface area contributed by atoms with E-state index in [4.69, 9.17) is 23.2 Å². The van der Waals surface area contributed by atoms with E-state index in [-0.39, 0.29) is 5.28 Å². The fourth-order valence-electron chi connectivity index (χ4n) is 1.90. The molecule has 0 spiro atoms. The van der Waals surface area contributed by atoms with Gasteiger partial charge in [0.1, 0.15) is 5.82 Å². The van der Waals surface area contributed by atoms with Crippen LogP contribution in [0.5, 0.6) is 0 Å². The maximum absolute atomic E-state index is 6.12. The highest BCUT2D eigenvalue weighted by Crippen LogP contribution is 2.27. The fourth-order valence-corrected chi connectivity index (χ4v) is 2.24. The molecule has 1 N–H and O–H groups in total. The van der Waals surface area contributed by atoms with Gasteiger partial charge in [-0.05, 0) is 36.2 Å². The molecule has 0 saturated heterocycles. The number of hydrogen-bond acceptors (Lipinski definition) is 4.